The fourth-order valence-electron chi connectivity index (χ4n) is 3.98. The van der Waals surface area contributed by atoms with Crippen LogP contribution in [-0.2, 0) is 6.98 Å². The van der Waals surface area contributed by atoms with Gasteiger partial charge in [-0.05, 0) is 38.8 Å². The predicted molar refractivity (Wildman–Crippen MR) is 90.4 cm³/mol. The first-order valence-corrected chi connectivity index (χ1v) is 8.03. The lowest BCUT2D eigenvalue weighted by Gasteiger charge is -2.47. The van der Waals surface area contributed by atoms with Crippen LogP contribution in [0.3, 0.4) is 0 Å². The van der Waals surface area contributed by atoms with Gasteiger partial charge in [0.25, 0.3) is 5.91 Å². The van der Waals surface area contributed by atoms with Gasteiger partial charge in [-0.3, -0.25) is 9.48 Å². The molecule has 2 aliphatic heterocycles. The van der Waals surface area contributed by atoms with Gasteiger partial charge in [0.2, 0.25) is 0 Å². The van der Waals surface area contributed by atoms with Crippen molar-refractivity contribution in [3.63, 3.8) is 0 Å². The van der Waals surface area contributed by atoms with E-state index in [-0.39, 0.29) is 22.6 Å². The number of carbonyl (C=O) groups is 1. The van der Waals surface area contributed by atoms with E-state index in [0.717, 1.165) is 25.7 Å². The molecule has 2 bridgehead atoms. The van der Waals surface area contributed by atoms with E-state index in [0.29, 0.717) is 16.8 Å². The molecule has 0 radical (unpaired) electrons. The molecule has 1 N–H and O–H groups in total. The monoisotopic (exact) mass is 319 g/mol. The Balaban J connectivity index is 1.74. The Morgan fingerprint density at radius 1 is 1.35 bits per heavy atom. The van der Waals surface area contributed by atoms with E-state index in [1.165, 1.54) is 6.42 Å². The van der Waals surface area contributed by atoms with Crippen LogP contribution in [0.4, 0.5) is 0 Å². The second-order valence-corrected chi connectivity index (χ2v) is 6.53. The number of carbonyl (C=O) groups excluding carboxylic acids is 1. The SMILES string of the molecule is [2H]c1c([2H])c([2H])c2c(c(C(=O)NC3CC4CCCC(C3)N4C)nn2C([2H])([2H])[2H])c1[2H]. The highest BCUT2D eigenvalue weighted by Crippen LogP contribution is 2.32. The maximum Gasteiger partial charge on any atom is 0.272 e. The standard InChI is InChI=1S/C18H24N4O/c1-21-13-6-5-7-14(21)11-12(10-13)19-18(23)17-15-8-3-4-9-16(15)22(2)20-17/h3-4,8-9,12-14H,5-7,10-11H2,1-2H3,(H,19,23)/i2D3,3D,4D,8D,9D. The molecule has 122 valence electrons. The molecule has 1 aromatic carbocycles. The van der Waals surface area contributed by atoms with Crippen LogP contribution in [0, 0.1) is 0 Å². The summed E-state index contributed by atoms with van der Waals surface area (Å²) in [7, 11) is 2.11. The van der Waals surface area contributed by atoms with Gasteiger partial charge >= 0.3 is 0 Å². The average molecular weight is 319 g/mol. The third kappa shape index (κ3) is 2.53. The Kier molecular flexibility index (Phi) is 2.16. The fourth-order valence-corrected chi connectivity index (χ4v) is 3.98. The fraction of sp³-hybridized carbons (Fsp3) is 0.556. The van der Waals surface area contributed by atoms with E-state index >= 15 is 0 Å². The highest BCUT2D eigenvalue weighted by atomic mass is 16.2. The Hall–Kier alpha value is -1.88. The number of rotatable bonds is 2. The van der Waals surface area contributed by atoms with Gasteiger partial charge < -0.3 is 10.2 Å². The van der Waals surface area contributed by atoms with E-state index in [9.17, 15) is 4.79 Å². The van der Waals surface area contributed by atoms with Crippen LogP contribution < -0.4 is 5.32 Å². The van der Waals surface area contributed by atoms with Gasteiger partial charge in [-0.2, -0.15) is 5.10 Å². The molecule has 23 heavy (non-hydrogen) atoms. The Morgan fingerprint density at radius 3 is 2.83 bits per heavy atom. The zero-order valence-electron chi connectivity index (χ0n) is 20.0. The van der Waals surface area contributed by atoms with Gasteiger partial charge in [0.1, 0.15) is 0 Å². The minimum absolute atomic E-state index is 0.0902. The average Bonchev–Trinajstić information content (AvgIpc) is 3.07. The highest BCUT2D eigenvalue weighted by Gasteiger charge is 2.36. The summed E-state index contributed by atoms with van der Waals surface area (Å²) in [5.74, 6) is -0.611. The van der Waals surface area contributed by atoms with Crippen LogP contribution in [0.5, 0.6) is 0 Å². The molecule has 2 aliphatic rings. The van der Waals surface area contributed by atoms with Crippen LogP contribution in [0.1, 0.15) is 52.2 Å². The third-order valence-electron chi connectivity index (χ3n) is 5.21. The van der Waals surface area contributed by atoms with Crippen LogP contribution in [0.15, 0.2) is 24.2 Å². The second-order valence-electron chi connectivity index (χ2n) is 6.53. The first-order valence-electron chi connectivity index (χ1n) is 11.5. The van der Waals surface area contributed by atoms with Crippen molar-refractivity contribution in [1.29, 1.82) is 0 Å². The minimum Gasteiger partial charge on any atom is -0.348 e. The normalized spacial score (nSPS) is 32.9. The molecule has 1 amide bonds. The number of aryl methyl sites for hydroxylation is 1. The summed E-state index contributed by atoms with van der Waals surface area (Å²) in [5.41, 5.74) is -0.566. The maximum absolute atomic E-state index is 13.1. The van der Waals surface area contributed by atoms with Gasteiger partial charge in [-0.25, -0.2) is 0 Å². The molecule has 5 nitrogen and oxygen atoms in total. The third-order valence-corrected chi connectivity index (χ3v) is 5.21. The van der Waals surface area contributed by atoms with Gasteiger partial charge in [0, 0.05) is 34.6 Å². The molecule has 0 saturated carbocycles. The van der Waals surface area contributed by atoms with Gasteiger partial charge in [-0.1, -0.05) is 24.5 Å². The van der Waals surface area contributed by atoms with Gasteiger partial charge in [0.05, 0.1) is 11.0 Å². The van der Waals surface area contributed by atoms with E-state index in [4.69, 9.17) is 9.60 Å². The summed E-state index contributed by atoms with van der Waals surface area (Å²) in [4.78, 5) is 15.5. The van der Waals surface area contributed by atoms with Crippen LogP contribution >= 0.6 is 0 Å². The van der Waals surface area contributed by atoms with Crippen LogP contribution in [-0.4, -0.2) is 45.8 Å². The number of piperidine rings is 2. The van der Waals surface area contributed by atoms with Crippen molar-refractivity contribution in [3.8, 4) is 0 Å². The van der Waals surface area contributed by atoms with Crippen molar-refractivity contribution in [2.45, 2.75) is 50.2 Å². The Bertz CT molecular complexity index is 1000. The van der Waals surface area contributed by atoms with Crippen molar-refractivity contribution in [2.24, 2.45) is 6.98 Å². The number of para-hydroxylation sites is 1. The lowest BCUT2D eigenvalue weighted by atomic mass is 9.82. The topological polar surface area (TPSA) is 50.2 Å². The lowest BCUT2D eigenvalue weighted by molar-refractivity contribution is 0.0462. The molecule has 0 aliphatic carbocycles. The maximum atomic E-state index is 13.1. The Morgan fingerprint density at radius 2 is 2.09 bits per heavy atom. The number of benzene rings is 1. The molecule has 2 atom stereocenters. The summed E-state index contributed by atoms with van der Waals surface area (Å²) >= 11 is 0. The molecule has 2 unspecified atom stereocenters. The number of nitrogens with zero attached hydrogens (tertiary/aromatic N) is 3. The summed E-state index contributed by atoms with van der Waals surface area (Å²) in [5, 5.41) is 6.72. The summed E-state index contributed by atoms with van der Waals surface area (Å²) in [6, 6.07) is -1.40. The van der Waals surface area contributed by atoms with Crippen LogP contribution in [0.25, 0.3) is 10.9 Å². The number of hydrogen-bond acceptors (Lipinski definition) is 3. The quantitative estimate of drug-likeness (QED) is 0.924. The van der Waals surface area contributed by atoms with E-state index in [1.54, 1.807) is 0 Å². The molecule has 1 aromatic heterocycles. The summed E-state index contributed by atoms with van der Waals surface area (Å²) in [6.45, 7) is -2.79. The van der Waals surface area contributed by atoms with E-state index < -0.39 is 37.1 Å². The summed E-state index contributed by atoms with van der Waals surface area (Å²) < 4.78 is 55.8. The Labute approximate surface area is 146 Å². The van der Waals surface area contributed by atoms with Crippen molar-refractivity contribution < 1.29 is 14.4 Å². The molecule has 3 heterocycles. The number of fused-ring (bicyclic) bond motifs is 3. The number of aromatic nitrogens is 2. The first-order chi connectivity index (χ1) is 14.0. The van der Waals surface area contributed by atoms with E-state index in [2.05, 4.69) is 22.4 Å². The van der Waals surface area contributed by atoms with Crippen LogP contribution in [0.2, 0.25) is 0 Å². The summed E-state index contributed by atoms with van der Waals surface area (Å²) in [6.07, 6.45) is 4.89. The molecule has 2 aromatic rings. The lowest BCUT2D eigenvalue weighted by Crippen LogP contribution is -2.55. The molecule has 0 spiro atoms. The van der Waals surface area contributed by atoms with Crippen molar-refractivity contribution in [2.75, 3.05) is 7.05 Å². The van der Waals surface area contributed by atoms with Gasteiger partial charge in [0.15, 0.2) is 5.69 Å². The zero-order valence-corrected chi connectivity index (χ0v) is 13.0. The smallest absolute Gasteiger partial charge is 0.272 e. The molecule has 2 fully saturated rings. The number of amides is 1. The molecule has 2 saturated heterocycles. The molecule has 5 heteroatoms. The number of hydrogen-bond donors (Lipinski definition) is 1. The van der Waals surface area contributed by atoms with E-state index in [1.807, 2.05) is 0 Å². The molecular formula is C18H24N4O. The number of nitrogens with one attached hydrogen (secondary N) is 1. The van der Waals surface area contributed by atoms with Crippen molar-refractivity contribution >= 4 is 16.8 Å². The van der Waals surface area contributed by atoms with Crippen molar-refractivity contribution in [3.05, 3.63) is 29.9 Å². The second kappa shape index (κ2) is 5.64. The predicted octanol–water partition coefficient (Wildman–Crippen LogP) is 2.32. The zero-order chi connectivity index (χ0) is 22.0. The molecular weight excluding hydrogens is 288 g/mol. The van der Waals surface area contributed by atoms with Gasteiger partial charge in [-0.15, -0.1) is 0 Å². The largest absolute Gasteiger partial charge is 0.348 e. The van der Waals surface area contributed by atoms with Crippen molar-refractivity contribution in [1.82, 2.24) is 20.0 Å². The highest BCUT2D eigenvalue weighted by molar-refractivity contribution is 6.04. The first kappa shape index (κ1) is 8.83. The minimum atomic E-state index is -2.79. The molecule has 4 rings (SSSR count).